The standard InChI is InChI=1S/C15H18N2O/c1-11(2)8-12-4-3-5-13(9-12)15(18)14-10-16-6-7-17-14/h3-7,9-11,15,18H,8H2,1-2H3. The highest BCUT2D eigenvalue weighted by atomic mass is 16.3. The number of rotatable bonds is 4. The Kier molecular flexibility index (Phi) is 4.05. The molecule has 0 fully saturated rings. The quantitative estimate of drug-likeness (QED) is 0.896. The Labute approximate surface area is 108 Å². The summed E-state index contributed by atoms with van der Waals surface area (Å²) in [6.07, 6.45) is 5.11. The van der Waals surface area contributed by atoms with Crippen LogP contribution in [0.15, 0.2) is 42.9 Å². The second kappa shape index (κ2) is 5.74. The van der Waals surface area contributed by atoms with E-state index >= 15 is 0 Å². The van der Waals surface area contributed by atoms with Crippen LogP contribution in [0.3, 0.4) is 0 Å². The molecule has 0 bridgehead atoms. The van der Waals surface area contributed by atoms with Gasteiger partial charge in [0.05, 0.1) is 11.9 Å². The summed E-state index contributed by atoms with van der Waals surface area (Å²) >= 11 is 0. The molecule has 0 saturated carbocycles. The number of aromatic nitrogens is 2. The van der Waals surface area contributed by atoms with Gasteiger partial charge in [-0.25, -0.2) is 0 Å². The largest absolute Gasteiger partial charge is 0.382 e. The summed E-state index contributed by atoms with van der Waals surface area (Å²) < 4.78 is 0. The Morgan fingerprint density at radius 1 is 1.22 bits per heavy atom. The van der Waals surface area contributed by atoms with Crippen LogP contribution in [0.5, 0.6) is 0 Å². The number of hydrogen-bond acceptors (Lipinski definition) is 3. The average Bonchev–Trinajstić information content (AvgIpc) is 2.38. The van der Waals surface area contributed by atoms with E-state index in [0.717, 1.165) is 12.0 Å². The van der Waals surface area contributed by atoms with Crippen LogP contribution in [0.1, 0.15) is 36.8 Å². The number of benzene rings is 1. The molecule has 1 unspecified atom stereocenters. The summed E-state index contributed by atoms with van der Waals surface area (Å²) in [7, 11) is 0. The highest BCUT2D eigenvalue weighted by Crippen LogP contribution is 2.21. The van der Waals surface area contributed by atoms with Crippen LogP contribution in [0.25, 0.3) is 0 Å². The van der Waals surface area contributed by atoms with Crippen molar-refractivity contribution in [1.82, 2.24) is 9.97 Å². The maximum Gasteiger partial charge on any atom is 0.123 e. The number of hydrogen-bond donors (Lipinski definition) is 1. The normalized spacial score (nSPS) is 12.7. The SMILES string of the molecule is CC(C)Cc1cccc(C(O)c2cnccn2)c1. The van der Waals surface area contributed by atoms with Crippen molar-refractivity contribution in [2.45, 2.75) is 26.4 Å². The zero-order valence-electron chi connectivity index (χ0n) is 10.7. The summed E-state index contributed by atoms with van der Waals surface area (Å²) in [4.78, 5) is 8.11. The highest BCUT2D eigenvalue weighted by Gasteiger charge is 2.12. The van der Waals surface area contributed by atoms with Gasteiger partial charge in [0.15, 0.2) is 0 Å². The molecule has 0 aliphatic heterocycles. The Balaban J connectivity index is 2.23. The first-order valence-corrected chi connectivity index (χ1v) is 6.19. The zero-order chi connectivity index (χ0) is 13.0. The van der Waals surface area contributed by atoms with E-state index in [1.807, 2.05) is 18.2 Å². The fourth-order valence-corrected chi connectivity index (χ4v) is 1.98. The average molecular weight is 242 g/mol. The number of nitrogens with zero attached hydrogens (tertiary/aromatic N) is 2. The van der Waals surface area contributed by atoms with Gasteiger partial charge in [0.2, 0.25) is 0 Å². The lowest BCUT2D eigenvalue weighted by atomic mass is 9.98. The van der Waals surface area contributed by atoms with Crippen molar-refractivity contribution >= 4 is 0 Å². The first-order valence-electron chi connectivity index (χ1n) is 6.19. The van der Waals surface area contributed by atoms with E-state index in [9.17, 15) is 5.11 Å². The maximum absolute atomic E-state index is 10.2. The van der Waals surface area contributed by atoms with E-state index in [1.165, 1.54) is 5.56 Å². The third-order valence-electron chi connectivity index (χ3n) is 2.77. The predicted octanol–water partition coefficient (Wildman–Crippen LogP) is 2.76. The van der Waals surface area contributed by atoms with Gasteiger partial charge in [0, 0.05) is 12.4 Å². The first kappa shape index (κ1) is 12.7. The third kappa shape index (κ3) is 3.14. The monoisotopic (exact) mass is 242 g/mol. The zero-order valence-corrected chi connectivity index (χ0v) is 10.7. The molecule has 0 aliphatic rings. The van der Waals surface area contributed by atoms with Crippen LogP contribution >= 0.6 is 0 Å². The van der Waals surface area contributed by atoms with Crippen molar-refractivity contribution in [3.05, 3.63) is 59.7 Å². The molecule has 1 aromatic carbocycles. The minimum Gasteiger partial charge on any atom is -0.382 e. The van der Waals surface area contributed by atoms with Crippen molar-refractivity contribution in [2.24, 2.45) is 5.92 Å². The lowest BCUT2D eigenvalue weighted by Crippen LogP contribution is -2.04. The van der Waals surface area contributed by atoms with Crippen LogP contribution in [-0.2, 0) is 6.42 Å². The molecule has 0 saturated heterocycles. The minimum atomic E-state index is -0.703. The lowest BCUT2D eigenvalue weighted by molar-refractivity contribution is 0.214. The molecule has 1 aromatic heterocycles. The predicted molar refractivity (Wildman–Crippen MR) is 71.1 cm³/mol. The molecule has 1 N–H and O–H groups in total. The second-order valence-corrected chi connectivity index (χ2v) is 4.88. The number of aliphatic hydroxyl groups is 1. The smallest absolute Gasteiger partial charge is 0.123 e. The highest BCUT2D eigenvalue weighted by molar-refractivity contribution is 5.29. The summed E-state index contributed by atoms with van der Waals surface area (Å²) in [6.45, 7) is 4.37. The van der Waals surface area contributed by atoms with Gasteiger partial charge >= 0.3 is 0 Å². The van der Waals surface area contributed by atoms with E-state index in [-0.39, 0.29) is 0 Å². The molecule has 1 heterocycles. The Hall–Kier alpha value is -1.74. The summed E-state index contributed by atoms with van der Waals surface area (Å²) in [6, 6.07) is 8.03. The van der Waals surface area contributed by atoms with Crippen LogP contribution in [-0.4, -0.2) is 15.1 Å². The molecular formula is C15H18N2O. The van der Waals surface area contributed by atoms with Crippen molar-refractivity contribution in [1.29, 1.82) is 0 Å². The van der Waals surface area contributed by atoms with Crippen molar-refractivity contribution in [2.75, 3.05) is 0 Å². The molecule has 0 amide bonds. The molecule has 2 aromatic rings. The molecule has 2 rings (SSSR count). The van der Waals surface area contributed by atoms with Crippen molar-refractivity contribution in [3.63, 3.8) is 0 Å². The van der Waals surface area contributed by atoms with Gasteiger partial charge in [0.1, 0.15) is 6.10 Å². The van der Waals surface area contributed by atoms with Gasteiger partial charge in [-0.1, -0.05) is 38.1 Å². The van der Waals surface area contributed by atoms with Crippen molar-refractivity contribution < 1.29 is 5.11 Å². The van der Waals surface area contributed by atoms with Gasteiger partial charge in [-0.3, -0.25) is 9.97 Å². The van der Waals surface area contributed by atoms with Gasteiger partial charge in [0.25, 0.3) is 0 Å². The van der Waals surface area contributed by atoms with E-state index in [1.54, 1.807) is 18.6 Å². The maximum atomic E-state index is 10.2. The van der Waals surface area contributed by atoms with Gasteiger partial charge in [-0.2, -0.15) is 0 Å². The molecule has 18 heavy (non-hydrogen) atoms. The van der Waals surface area contributed by atoms with Crippen LogP contribution in [0, 0.1) is 5.92 Å². The van der Waals surface area contributed by atoms with E-state index < -0.39 is 6.10 Å². The fraction of sp³-hybridized carbons (Fsp3) is 0.333. The minimum absolute atomic E-state index is 0.583. The van der Waals surface area contributed by atoms with Gasteiger partial charge < -0.3 is 5.11 Å². The summed E-state index contributed by atoms with van der Waals surface area (Å²) in [5, 5.41) is 10.2. The number of aliphatic hydroxyl groups excluding tert-OH is 1. The lowest BCUT2D eigenvalue weighted by Gasteiger charge is -2.12. The molecule has 3 heteroatoms. The summed E-state index contributed by atoms with van der Waals surface area (Å²) in [5.74, 6) is 0.605. The Morgan fingerprint density at radius 2 is 2.06 bits per heavy atom. The molecule has 1 atom stereocenters. The van der Waals surface area contributed by atoms with E-state index in [4.69, 9.17) is 0 Å². The van der Waals surface area contributed by atoms with Crippen LogP contribution < -0.4 is 0 Å². The molecule has 94 valence electrons. The molecule has 0 radical (unpaired) electrons. The molecular weight excluding hydrogens is 224 g/mol. The van der Waals surface area contributed by atoms with Gasteiger partial charge in [-0.05, 0) is 23.5 Å². The third-order valence-corrected chi connectivity index (χ3v) is 2.77. The van der Waals surface area contributed by atoms with Gasteiger partial charge in [-0.15, -0.1) is 0 Å². The first-order chi connectivity index (χ1) is 8.66. The topological polar surface area (TPSA) is 46.0 Å². The van der Waals surface area contributed by atoms with E-state index in [2.05, 4.69) is 29.9 Å². The Morgan fingerprint density at radius 3 is 2.72 bits per heavy atom. The second-order valence-electron chi connectivity index (χ2n) is 4.88. The van der Waals surface area contributed by atoms with Crippen molar-refractivity contribution in [3.8, 4) is 0 Å². The summed E-state index contributed by atoms with van der Waals surface area (Å²) in [5.41, 5.74) is 2.69. The Bertz CT molecular complexity index is 497. The molecule has 0 aliphatic carbocycles. The fourth-order valence-electron chi connectivity index (χ4n) is 1.98. The molecule has 3 nitrogen and oxygen atoms in total. The van der Waals surface area contributed by atoms with Crippen LogP contribution in [0.2, 0.25) is 0 Å². The van der Waals surface area contributed by atoms with E-state index in [0.29, 0.717) is 11.6 Å². The van der Waals surface area contributed by atoms with Crippen LogP contribution in [0.4, 0.5) is 0 Å². The molecule has 0 spiro atoms.